The van der Waals surface area contributed by atoms with Gasteiger partial charge in [0.15, 0.2) is 0 Å². The fourth-order valence-electron chi connectivity index (χ4n) is 2.59. The summed E-state index contributed by atoms with van der Waals surface area (Å²) in [5.41, 5.74) is 2.65. The summed E-state index contributed by atoms with van der Waals surface area (Å²) in [6, 6.07) is 7.88. The van der Waals surface area contributed by atoms with Crippen LogP contribution in [0.15, 0.2) is 49.1 Å². The SMILES string of the molecule is CC(C)n1ccnc1-c1cccc(C(=O)NCCc2cn[nH]c2)c1. The number of rotatable bonds is 6. The van der Waals surface area contributed by atoms with Crippen molar-refractivity contribution in [3.63, 3.8) is 0 Å². The van der Waals surface area contributed by atoms with Gasteiger partial charge in [-0.1, -0.05) is 12.1 Å². The second-order valence-corrected chi connectivity index (χ2v) is 5.95. The first-order valence-electron chi connectivity index (χ1n) is 8.04. The maximum atomic E-state index is 12.4. The van der Waals surface area contributed by atoms with Crippen molar-refractivity contribution in [1.82, 2.24) is 25.1 Å². The Morgan fingerprint density at radius 2 is 2.25 bits per heavy atom. The first-order valence-corrected chi connectivity index (χ1v) is 8.04. The normalized spacial score (nSPS) is 11.0. The number of nitrogens with zero attached hydrogens (tertiary/aromatic N) is 3. The van der Waals surface area contributed by atoms with Crippen molar-refractivity contribution in [2.45, 2.75) is 26.3 Å². The van der Waals surface area contributed by atoms with Crippen LogP contribution in [0.2, 0.25) is 0 Å². The molecule has 24 heavy (non-hydrogen) atoms. The molecule has 2 aromatic heterocycles. The highest BCUT2D eigenvalue weighted by Gasteiger charge is 2.11. The van der Waals surface area contributed by atoms with Gasteiger partial charge in [0.1, 0.15) is 5.82 Å². The second-order valence-electron chi connectivity index (χ2n) is 5.95. The zero-order valence-corrected chi connectivity index (χ0v) is 13.9. The topological polar surface area (TPSA) is 75.6 Å². The molecule has 0 bridgehead atoms. The van der Waals surface area contributed by atoms with E-state index < -0.39 is 0 Å². The number of nitrogens with one attached hydrogen (secondary N) is 2. The van der Waals surface area contributed by atoms with Crippen LogP contribution in [0.3, 0.4) is 0 Å². The number of H-pyrrole nitrogens is 1. The van der Waals surface area contributed by atoms with Gasteiger partial charge in [0.2, 0.25) is 0 Å². The van der Waals surface area contributed by atoms with Gasteiger partial charge in [-0.15, -0.1) is 0 Å². The highest BCUT2D eigenvalue weighted by atomic mass is 16.1. The van der Waals surface area contributed by atoms with Crippen LogP contribution in [0.5, 0.6) is 0 Å². The Morgan fingerprint density at radius 3 is 3.00 bits per heavy atom. The van der Waals surface area contributed by atoms with E-state index in [0.717, 1.165) is 23.4 Å². The van der Waals surface area contributed by atoms with Gasteiger partial charge < -0.3 is 9.88 Å². The number of hydrogen-bond donors (Lipinski definition) is 2. The molecule has 124 valence electrons. The van der Waals surface area contributed by atoms with Crippen LogP contribution in [-0.4, -0.2) is 32.2 Å². The van der Waals surface area contributed by atoms with Gasteiger partial charge in [-0.05, 0) is 38.0 Å². The van der Waals surface area contributed by atoms with Gasteiger partial charge in [0.25, 0.3) is 5.91 Å². The predicted molar refractivity (Wildman–Crippen MR) is 92.7 cm³/mol. The molecular formula is C18H21N5O. The highest BCUT2D eigenvalue weighted by molar-refractivity contribution is 5.95. The van der Waals surface area contributed by atoms with E-state index in [9.17, 15) is 4.79 Å². The first-order chi connectivity index (χ1) is 11.6. The maximum Gasteiger partial charge on any atom is 0.251 e. The number of hydrogen-bond acceptors (Lipinski definition) is 3. The molecule has 1 aromatic carbocycles. The lowest BCUT2D eigenvalue weighted by atomic mass is 10.1. The fraction of sp³-hybridized carbons (Fsp3) is 0.278. The average molecular weight is 323 g/mol. The Bertz CT molecular complexity index is 804. The van der Waals surface area contributed by atoms with Crippen LogP contribution in [0.1, 0.15) is 35.8 Å². The molecule has 2 heterocycles. The molecule has 6 heteroatoms. The number of aromatic amines is 1. The van der Waals surface area contributed by atoms with Crippen molar-refractivity contribution in [3.8, 4) is 11.4 Å². The molecule has 0 aliphatic heterocycles. The van der Waals surface area contributed by atoms with Crippen LogP contribution in [0.25, 0.3) is 11.4 Å². The Morgan fingerprint density at radius 1 is 1.38 bits per heavy atom. The molecule has 0 aliphatic carbocycles. The first kappa shape index (κ1) is 16.0. The van der Waals surface area contributed by atoms with E-state index in [0.29, 0.717) is 18.2 Å². The largest absolute Gasteiger partial charge is 0.352 e. The molecule has 6 nitrogen and oxygen atoms in total. The van der Waals surface area contributed by atoms with E-state index in [2.05, 4.69) is 38.9 Å². The minimum atomic E-state index is -0.0806. The molecule has 0 atom stereocenters. The van der Waals surface area contributed by atoms with Crippen molar-refractivity contribution in [1.29, 1.82) is 0 Å². The summed E-state index contributed by atoms with van der Waals surface area (Å²) in [5.74, 6) is 0.793. The van der Waals surface area contributed by atoms with Crippen molar-refractivity contribution in [2.75, 3.05) is 6.54 Å². The Labute approximate surface area is 140 Å². The molecule has 3 rings (SSSR count). The van der Waals surface area contributed by atoms with E-state index in [4.69, 9.17) is 0 Å². The van der Waals surface area contributed by atoms with E-state index >= 15 is 0 Å². The minimum absolute atomic E-state index is 0.0806. The Kier molecular flexibility index (Phi) is 4.74. The van der Waals surface area contributed by atoms with E-state index in [1.54, 1.807) is 12.4 Å². The molecule has 0 spiro atoms. The van der Waals surface area contributed by atoms with Crippen LogP contribution in [0, 0.1) is 0 Å². The van der Waals surface area contributed by atoms with E-state index in [-0.39, 0.29) is 5.91 Å². The molecule has 0 aliphatic rings. The molecule has 0 fully saturated rings. The van der Waals surface area contributed by atoms with E-state index in [1.165, 1.54) is 0 Å². The summed E-state index contributed by atoms with van der Waals surface area (Å²) in [6.45, 7) is 4.79. The summed E-state index contributed by atoms with van der Waals surface area (Å²) >= 11 is 0. The number of benzene rings is 1. The Hall–Kier alpha value is -2.89. The van der Waals surface area contributed by atoms with Gasteiger partial charge in [-0.3, -0.25) is 9.89 Å². The number of carbonyl (C=O) groups excluding carboxylic acids is 1. The second kappa shape index (κ2) is 7.12. The molecule has 0 saturated carbocycles. The monoisotopic (exact) mass is 323 g/mol. The third-order valence-corrected chi connectivity index (χ3v) is 3.86. The van der Waals surface area contributed by atoms with Crippen LogP contribution < -0.4 is 5.32 Å². The number of aromatic nitrogens is 4. The summed E-state index contributed by atoms with van der Waals surface area (Å²) in [4.78, 5) is 16.8. The summed E-state index contributed by atoms with van der Waals surface area (Å²) in [5, 5.41) is 9.60. The number of amides is 1. The van der Waals surface area contributed by atoms with Crippen LogP contribution >= 0.6 is 0 Å². The van der Waals surface area contributed by atoms with Crippen molar-refractivity contribution >= 4 is 5.91 Å². The lowest BCUT2D eigenvalue weighted by Crippen LogP contribution is -2.25. The van der Waals surface area contributed by atoms with E-state index in [1.807, 2.05) is 36.7 Å². The van der Waals surface area contributed by atoms with Crippen molar-refractivity contribution in [2.24, 2.45) is 0 Å². The van der Waals surface area contributed by atoms with Gasteiger partial charge in [-0.2, -0.15) is 5.10 Å². The quantitative estimate of drug-likeness (QED) is 0.732. The summed E-state index contributed by atoms with van der Waals surface area (Å²) in [7, 11) is 0. The third kappa shape index (κ3) is 3.53. The van der Waals surface area contributed by atoms with Crippen LogP contribution in [-0.2, 0) is 6.42 Å². The maximum absolute atomic E-state index is 12.4. The van der Waals surface area contributed by atoms with Gasteiger partial charge in [0, 0.05) is 42.3 Å². The van der Waals surface area contributed by atoms with Crippen molar-refractivity contribution < 1.29 is 4.79 Å². The zero-order chi connectivity index (χ0) is 16.9. The third-order valence-electron chi connectivity index (χ3n) is 3.86. The predicted octanol–water partition coefficient (Wildman–Crippen LogP) is 2.83. The number of carbonyl (C=O) groups is 1. The summed E-state index contributed by atoms with van der Waals surface area (Å²) in [6.07, 6.45) is 8.08. The smallest absolute Gasteiger partial charge is 0.251 e. The molecule has 0 radical (unpaired) electrons. The molecule has 1 amide bonds. The summed E-state index contributed by atoms with van der Waals surface area (Å²) < 4.78 is 2.09. The minimum Gasteiger partial charge on any atom is -0.352 e. The van der Waals surface area contributed by atoms with Crippen LogP contribution in [0.4, 0.5) is 0 Å². The molecule has 3 aromatic rings. The zero-order valence-electron chi connectivity index (χ0n) is 13.9. The Balaban J connectivity index is 1.70. The molecular weight excluding hydrogens is 302 g/mol. The van der Waals surface area contributed by atoms with Gasteiger partial charge in [-0.25, -0.2) is 4.98 Å². The lowest BCUT2D eigenvalue weighted by Gasteiger charge is -2.12. The molecule has 2 N–H and O–H groups in total. The number of imidazole rings is 1. The van der Waals surface area contributed by atoms with Crippen molar-refractivity contribution in [3.05, 3.63) is 60.2 Å². The lowest BCUT2D eigenvalue weighted by molar-refractivity contribution is 0.0954. The fourth-order valence-corrected chi connectivity index (χ4v) is 2.59. The van der Waals surface area contributed by atoms with Gasteiger partial charge in [0.05, 0.1) is 6.20 Å². The standard InChI is InChI=1S/C18H21N5O/c1-13(2)23-9-8-19-17(23)15-4-3-5-16(10-15)18(24)20-7-6-14-11-21-22-12-14/h3-5,8-13H,6-7H2,1-2H3,(H,20,24)(H,21,22). The molecule has 0 unspecified atom stereocenters. The van der Waals surface area contributed by atoms with Gasteiger partial charge >= 0.3 is 0 Å². The average Bonchev–Trinajstić information content (AvgIpc) is 3.26. The molecule has 0 saturated heterocycles. The highest BCUT2D eigenvalue weighted by Crippen LogP contribution is 2.22.